The van der Waals surface area contributed by atoms with Gasteiger partial charge in [0.15, 0.2) is 0 Å². The number of piperidine rings is 1. The Morgan fingerprint density at radius 3 is 2.61 bits per heavy atom. The molecule has 0 aromatic carbocycles. The highest BCUT2D eigenvalue weighted by Crippen LogP contribution is 2.45. The molecule has 6 nitrogen and oxygen atoms in total. The van der Waals surface area contributed by atoms with Crippen LogP contribution in [0, 0.1) is 5.41 Å². The molecule has 2 amide bonds. The maximum Gasteiger partial charge on any atom is 0.291 e. The van der Waals surface area contributed by atoms with Gasteiger partial charge in [0, 0.05) is 38.4 Å². The molecule has 2 aliphatic heterocycles. The van der Waals surface area contributed by atoms with Crippen LogP contribution in [0.25, 0.3) is 0 Å². The van der Waals surface area contributed by atoms with Gasteiger partial charge < -0.3 is 9.80 Å². The summed E-state index contributed by atoms with van der Waals surface area (Å²) >= 11 is 0. The molecule has 1 atom stereocenters. The Morgan fingerprint density at radius 1 is 1.30 bits per heavy atom. The van der Waals surface area contributed by atoms with Crippen LogP contribution < -0.4 is 0 Å². The molecule has 0 aliphatic carbocycles. The van der Waals surface area contributed by atoms with Gasteiger partial charge in [0.2, 0.25) is 11.7 Å². The first-order valence-electron chi connectivity index (χ1n) is 7.60. The minimum atomic E-state index is -3.10. The largest absolute Gasteiger partial charge is 0.342 e. The molecule has 2 saturated heterocycles. The topological polar surface area (TPSA) is 66.4 Å². The molecule has 1 aromatic heterocycles. The molecule has 8 heteroatoms. The number of alkyl halides is 2. The van der Waals surface area contributed by atoms with Crippen LogP contribution in [-0.4, -0.2) is 63.7 Å². The number of rotatable bonds is 2. The molecule has 0 unspecified atom stereocenters. The van der Waals surface area contributed by atoms with Crippen LogP contribution in [0.5, 0.6) is 0 Å². The fourth-order valence-electron chi connectivity index (χ4n) is 3.51. The number of carbonyl (C=O) groups excluding carboxylic acids is 2. The lowest BCUT2D eigenvalue weighted by Gasteiger charge is -2.42. The number of amides is 2. The highest BCUT2D eigenvalue weighted by Gasteiger charge is 2.57. The number of halogens is 2. The first-order chi connectivity index (χ1) is 10.9. The molecule has 23 heavy (non-hydrogen) atoms. The van der Waals surface area contributed by atoms with Crippen LogP contribution in [0.3, 0.4) is 0 Å². The van der Waals surface area contributed by atoms with E-state index in [1.54, 1.807) is 11.0 Å². The van der Waals surface area contributed by atoms with Crippen LogP contribution in [0.15, 0.2) is 18.5 Å². The number of carbonyl (C=O) groups is 2. The molecule has 2 fully saturated rings. The quantitative estimate of drug-likeness (QED) is 0.820. The summed E-state index contributed by atoms with van der Waals surface area (Å²) in [4.78, 5) is 35.2. The lowest BCUT2D eigenvalue weighted by Crippen LogP contribution is -2.57. The van der Waals surface area contributed by atoms with Crippen LogP contribution in [-0.2, 0) is 4.79 Å². The highest BCUT2D eigenvalue weighted by atomic mass is 19.3. The Labute approximate surface area is 132 Å². The van der Waals surface area contributed by atoms with Crippen molar-refractivity contribution in [2.45, 2.75) is 25.7 Å². The summed E-state index contributed by atoms with van der Waals surface area (Å²) in [5.41, 5.74) is -1.19. The number of hydrogen-bond donors (Lipinski definition) is 0. The van der Waals surface area contributed by atoms with Gasteiger partial charge in [0.05, 0.1) is 12.0 Å². The normalized spacial score (nSPS) is 26.8. The van der Waals surface area contributed by atoms with E-state index in [2.05, 4.69) is 9.97 Å². The summed E-state index contributed by atoms with van der Waals surface area (Å²) in [6.45, 7) is 2.05. The summed E-state index contributed by atoms with van der Waals surface area (Å²) in [5, 5.41) is 0. The summed E-state index contributed by atoms with van der Waals surface area (Å²) in [5.74, 6) is -4.17. The van der Waals surface area contributed by atoms with Crippen molar-refractivity contribution in [2.75, 3.05) is 26.2 Å². The number of likely N-dealkylation sites (tertiary alicyclic amines) is 2. The second-order valence-corrected chi connectivity index (χ2v) is 6.18. The van der Waals surface area contributed by atoms with Gasteiger partial charge in [-0.1, -0.05) is 0 Å². The first-order valence-corrected chi connectivity index (χ1v) is 7.60. The molecule has 0 saturated carbocycles. The van der Waals surface area contributed by atoms with Crippen LogP contribution in [0.2, 0.25) is 0 Å². The van der Waals surface area contributed by atoms with Gasteiger partial charge in [0.1, 0.15) is 0 Å². The van der Waals surface area contributed by atoms with Crippen molar-refractivity contribution in [1.29, 1.82) is 0 Å². The predicted octanol–water partition coefficient (Wildman–Crippen LogP) is 1.20. The smallest absolute Gasteiger partial charge is 0.291 e. The van der Waals surface area contributed by atoms with Crippen molar-refractivity contribution in [3.8, 4) is 0 Å². The average Bonchev–Trinajstić information content (AvgIpc) is 2.81. The third-order valence-electron chi connectivity index (χ3n) is 4.54. The van der Waals surface area contributed by atoms with E-state index in [0.717, 1.165) is 4.90 Å². The van der Waals surface area contributed by atoms with E-state index in [4.69, 9.17) is 0 Å². The third-order valence-corrected chi connectivity index (χ3v) is 4.54. The van der Waals surface area contributed by atoms with E-state index in [1.807, 2.05) is 6.92 Å². The monoisotopic (exact) mass is 324 g/mol. The maximum absolute atomic E-state index is 14.2. The summed E-state index contributed by atoms with van der Waals surface area (Å²) in [7, 11) is 0. The summed E-state index contributed by atoms with van der Waals surface area (Å²) in [6, 6.07) is 1.54. The van der Waals surface area contributed by atoms with Crippen molar-refractivity contribution in [1.82, 2.24) is 19.8 Å². The molecule has 1 aromatic rings. The molecule has 2 aliphatic rings. The zero-order valence-electron chi connectivity index (χ0n) is 12.8. The van der Waals surface area contributed by atoms with Gasteiger partial charge in [-0.2, -0.15) is 0 Å². The van der Waals surface area contributed by atoms with Crippen LogP contribution in [0.4, 0.5) is 8.78 Å². The van der Waals surface area contributed by atoms with E-state index in [9.17, 15) is 18.4 Å². The van der Waals surface area contributed by atoms with Crippen molar-refractivity contribution < 1.29 is 18.4 Å². The Bertz CT molecular complexity index is 625. The highest BCUT2D eigenvalue weighted by molar-refractivity contribution is 5.92. The number of aromatic nitrogens is 2. The molecule has 3 rings (SSSR count). The first kappa shape index (κ1) is 15.8. The lowest BCUT2D eigenvalue weighted by molar-refractivity contribution is -0.151. The zero-order valence-corrected chi connectivity index (χ0v) is 12.8. The van der Waals surface area contributed by atoms with Gasteiger partial charge in [-0.25, -0.2) is 18.7 Å². The van der Waals surface area contributed by atoms with Crippen molar-refractivity contribution in [3.63, 3.8) is 0 Å². The Kier molecular flexibility index (Phi) is 3.77. The molecule has 0 bridgehead atoms. The average molecular weight is 324 g/mol. The van der Waals surface area contributed by atoms with Gasteiger partial charge in [-0.05, 0) is 19.4 Å². The Morgan fingerprint density at radius 2 is 2.00 bits per heavy atom. The van der Waals surface area contributed by atoms with E-state index in [1.165, 1.54) is 12.4 Å². The van der Waals surface area contributed by atoms with Crippen molar-refractivity contribution >= 4 is 11.8 Å². The fourth-order valence-corrected chi connectivity index (χ4v) is 3.51. The fraction of sp³-hybridized carbons (Fsp3) is 0.600. The summed E-state index contributed by atoms with van der Waals surface area (Å²) < 4.78 is 28.5. The van der Waals surface area contributed by atoms with Crippen LogP contribution in [0.1, 0.15) is 30.4 Å². The van der Waals surface area contributed by atoms with Gasteiger partial charge in [-0.3, -0.25) is 9.59 Å². The van der Waals surface area contributed by atoms with Crippen molar-refractivity contribution in [2.24, 2.45) is 5.41 Å². The number of nitrogens with zero attached hydrogens (tertiary/aromatic N) is 4. The van der Waals surface area contributed by atoms with E-state index < -0.39 is 30.2 Å². The standard InChI is InChI=1S/C15H18F2N4O2/c1-2-20-7-4-14(13(20)23)8-15(16,17)10-21(9-14)12(22)11-18-5-3-6-19-11/h3,5-6H,2,4,7-10H2,1H3/t14-/m0/s1. The Balaban J connectivity index is 1.88. The lowest BCUT2D eigenvalue weighted by atomic mass is 9.77. The maximum atomic E-state index is 14.2. The van der Waals surface area contributed by atoms with Gasteiger partial charge >= 0.3 is 0 Å². The molecule has 124 valence electrons. The van der Waals surface area contributed by atoms with E-state index >= 15 is 0 Å². The van der Waals surface area contributed by atoms with E-state index in [-0.39, 0.29) is 18.3 Å². The molecular formula is C15H18F2N4O2. The van der Waals surface area contributed by atoms with Crippen LogP contribution >= 0.6 is 0 Å². The van der Waals surface area contributed by atoms with Crippen molar-refractivity contribution in [3.05, 3.63) is 24.3 Å². The minimum Gasteiger partial charge on any atom is -0.342 e. The second kappa shape index (κ2) is 5.50. The second-order valence-electron chi connectivity index (χ2n) is 6.18. The molecule has 0 radical (unpaired) electrons. The SMILES string of the molecule is CCN1CC[C@]2(CN(C(=O)c3ncccn3)CC(F)(F)C2)C1=O. The van der Waals surface area contributed by atoms with Gasteiger partial charge in [0.25, 0.3) is 11.8 Å². The predicted molar refractivity (Wildman–Crippen MR) is 76.8 cm³/mol. The molecule has 1 spiro atoms. The Hall–Kier alpha value is -2.12. The van der Waals surface area contributed by atoms with E-state index in [0.29, 0.717) is 19.5 Å². The molecular weight excluding hydrogens is 306 g/mol. The molecule has 3 heterocycles. The third kappa shape index (κ3) is 2.77. The zero-order chi connectivity index (χ0) is 16.7. The number of hydrogen-bond acceptors (Lipinski definition) is 4. The molecule has 0 N–H and O–H groups in total. The van der Waals surface area contributed by atoms with Gasteiger partial charge in [-0.15, -0.1) is 0 Å². The minimum absolute atomic E-state index is 0.00495. The summed E-state index contributed by atoms with van der Waals surface area (Å²) in [6.07, 6.45) is 2.61.